The average molecular weight is 381 g/mol. The molecule has 0 aromatic heterocycles. The van der Waals surface area contributed by atoms with Crippen molar-refractivity contribution in [2.75, 3.05) is 26.1 Å². The van der Waals surface area contributed by atoms with E-state index < -0.39 is 10.0 Å². The molecule has 2 rings (SSSR count). The standard InChI is InChI=1S/C18H24N2O3S2/c1-20(2)13-15-12-14(10-11-25(19,21)22)4-9-18(15)23-16-5-7-17(24-3)8-6-16/h4-9,12H,10-11,13H2,1-3H3,(H2,19,21,22). The summed E-state index contributed by atoms with van der Waals surface area (Å²) in [6, 6.07) is 13.7. The normalized spacial score (nSPS) is 11.7. The second kappa shape index (κ2) is 8.71. The molecule has 2 N–H and O–H groups in total. The van der Waals surface area contributed by atoms with Crippen LogP contribution in [0.2, 0.25) is 0 Å². The maximum Gasteiger partial charge on any atom is 0.209 e. The van der Waals surface area contributed by atoms with E-state index in [1.807, 2.05) is 67.7 Å². The monoisotopic (exact) mass is 380 g/mol. The van der Waals surface area contributed by atoms with E-state index in [0.717, 1.165) is 22.6 Å². The van der Waals surface area contributed by atoms with Crippen molar-refractivity contribution in [3.05, 3.63) is 53.6 Å². The van der Waals surface area contributed by atoms with Gasteiger partial charge in [-0.2, -0.15) is 0 Å². The van der Waals surface area contributed by atoms with Crippen LogP contribution in [0.15, 0.2) is 47.4 Å². The first-order valence-corrected chi connectivity index (χ1v) is 10.8. The highest BCUT2D eigenvalue weighted by Crippen LogP contribution is 2.28. The van der Waals surface area contributed by atoms with Crippen molar-refractivity contribution in [1.82, 2.24) is 4.90 Å². The summed E-state index contributed by atoms with van der Waals surface area (Å²) < 4.78 is 28.4. The lowest BCUT2D eigenvalue weighted by Crippen LogP contribution is -2.18. The Hall–Kier alpha value is -1.54. The van der Waals surface area contributed by atoms with Crippen molar-refractivity contribution >= 4 is 21.8 Å². The molecule has 0 aliphatic carbocycles. The highest BCUT2D eigenvalue weighted by molar-refractivity contribution is 7.98. The topological polar surface area (TPSA) is 72.6 Å². The van der Waals surface area contributed by atoms with Gasteiger partial charge in [-0.1, -0.05) is 12.1 Å². The molecule has 0 unspecified atom stereocenters. The summed E-state index contributed by atoms with van der Waals surface area (Å²) >= 11 is 1.68. The Kier molecular flexibility index (Phi) is 6.89. The first-order chi connectivity index (χ1) is 11.8. The highest BCUT2D eigenvalue weighted by Gasteiger charge is 2.10. The molecular formula is C18H24N2O3S2. The first-order valence-electron chi connectivity index (χ1n) is 7.86. The molecular weight excluding hydrogens is 356 g/mol. The van der Waals surface area contributed by atoms with Crippen molar-refractivity contribution in [2.45, 2.75) is 17.9 Å². The van der Waals surface area contributed by atoms with Gasteiger partial charge in [-0.3, -0.25) is 0 Å². The number of thioether (sulfide) groups is 1. The predicted molar refractivity (Wildman–Crippen MR) is 104 cm³/mol. The number of ether oxygens (including phenoxy) is 1. The molecule has 2 aromatic carbocycles. The molecule has 0 fully saturated rings. The fraction of sp³-hybridized carbons (Fsp3) is 0.333. The predicted octanol–water partition coefficient (Wildman–Crippen LogP) is 3.09. The number of aryl methyl sites for hydroxylation is 1. The lowest BCUT2D eigenvalue weighted by molar-refractivity contribution is 0.388. The number of hydrogen-bond acceptors (Lipinski definition) is 5. The van der Waals surface area contributed by atoms with Crippen molar-refractivity contribution in [1.29, 1.82) is 0 Å². The van der Waals surface area contributed by atoms with Crippen molar-refractivity contribution in [2.24, 2.45) is 5.14 Å². The molecule has 5 nitrogen and oxygen atoms in total. The molecule has 0 bridgehead atoms. The molecule has 0 spiro atoms. The van der Waals surface area contributed by atoms with Crippen LogP contribution in [0, 0.1) is 0 Å². The molecule has 0 atom stereocenters. The third kappa shape index (κ3) is 6.70. The lowest BCUT2D eigenvalue weighted by Gasteiger charge is -2.16. The smallest absolute Gasteiger partial charge is 0.209 e. The van der Waals surface area contributed by atoms with Crippen molar-refractivity contribution in [3.63, 3.8) is 0 Å². The van der Waals surface area contributed by atoms with Crippen LogP contribution >= 0.6 is 11.8 Å². The Morgan fingerprint density at radius 2 is 1.80 bits per heavy atom. The minimum Gasteiger partial charge on any atom is -0.457 e. The molecule has 0 aliphatic heterocycles. The fourth-order valence-corrected chi connectivity index (χ4v) is 3.31. The van der Waals surface area contributed by atoms with Gasteiger partial charge in [0.25, 0.3) is 0 Å². The van der Waals surface area contributed by atoms with Gasteiger partial charge in [-0.25, -0.2) is 13.6 Å². The number of nitrogens with zero attached hydrogens (tertiary/aromatic N) is 1. The van der Waals surface area contributed by atoms with E-state index in [9.17, 15) is 8.42 Å². The van der Waals surface area contributed by atoms with E-state index in [4.69, 9.17) is 9.88 Å². The molecule has 0 heterocycles. The maximum atomic E-state index is 11.2. The Labute approximate surface area is 154 Å². The molecule has 0 amide bonds. The van der Waals surface area contributed by atoms with Gasteiger partial charge in [-0.05, 0) is 62.7 Å². The molecule has 0 radical (unpaired) electrons. The van der Waals surface area contributed by atoms with Crippen molar-refractivity contribution in [3.8, 4) is 11.5 Å². The van der Waals surface area contributed by atoms with Crippen LogP contribution in [0.5, 0.6) is 11.5 Å². The number of hydrogen-bond donors (Lipinski definition) is 1. The Morgan fingerprint density at radius 1 is 1.12 bits per heavy atom. The summed E-state index contributed by atoms with van der Waals surface area (Å²) in [5.74, 6) is 1.48. The Morgan fingerprint density at radius 3 is 2.36 bits per heavy atom. The van der Waals surface area contributed by atoms with Crippen LogP contribution in [0.25, 0.3) is 0 Å². The van der Waals surface area contributed by atoms with Crippen LogP contribution in [0.3, 0.4) is 0 Å². The van der Waals surface area contributed by atoms with Crippen LogP contribution in [-0.2, 0) is 23.0 Å². The third-order valence-corrected chi connectivity index (χ3v) is 5.09. The van der Waals surface area contributed by atoms with E-state index in [0.29, 0.717) is 13.0 Å². The van der Waals surface area contributed by atoms with Gasteiger partial charge in [-0.15, -0.1) is 11.8 Å². The van der Waals surface area contributed by atoms with E-state index in [2.05, 4.69) is 0 Å². The summed E-state index contributed by atoms with van der Waals surface area (Å²) in [6.45, 7) is 0.696. The van der Waals surface area contributed by atoms with Crippen LogP contribution in [-0.4, -0.2) is 39.4 Å². The summed E-state index contributed by atoms with van der Waals surface area (Å²) in [7, 11) is 0.493. The summed E-state index contributed by atoms with van der Waals surface area (Å²) in [4.78, 5) is 3.22. The van der Waals surface area contributed by atoms with Gasteiger partial charge in [0, 0.05) is 17.0 Å². The van der Waals surface area contributed by atoms with Crippen molar-refractivity contribution < 1.29 is 13.2 Å². The van der Waals surface area contributed by atoms with E-state index in [1.165, 1.54) is 4.90 Å². The molecule has 7 heteroatoms. The number of primary sulfonamides is 1. The third-order valence-electron chi connectivity index (χ3n) is 3.57. The van der Waals surface area contributed by atoms with Gasteiger partial charge < -0.3 is 9.64 Å². The highest BCUT2D eigenvalue weighted by atomic mass is 32.2. The Balaban J connectivity index is 2.22. The quantitative estimate of drug-likeness (QED) is 0.713. The summed E-state index contributed by atoms with van der Waals surface area (Å²) in [5.41, 5.74) is 1.93. The number of sulfonamides is 1. The minimum absolute atomic E-state index is 0.0647. The van der Waals surface area contributed by atoms with Crippen LogP contribution in [0.1, 0.15) is 11.1 Å². The maximum absolute atomic E-state index is 11.2. The number of rotatable bonds is 8. The molecule has 136 valence electrons. The summed E-state index contributed by atoms with van der Waals surface area (Å²) in [6.07, 6.45) is 2.42. The van der Waals surface area contributed by atoms with E-state index in [-0.39, 0.29) is 5.75 Å². The van der Waals surface area contributed by atoms with Crippen LogP contribution in [0.4, 0.5) is 0 Å². The SMILES string of the molecule is CSc1ccc(Oc2ccc(CCS(N)(=O)=O)cc2CN(C)C)cc1. The lowest BCUT2D eigenvalue weighted by atomic mass is 10.1. The summed E-state index contributed by atoms with van der Waals surface area (Å²) in [5, 5.41) is 5.10. The minimum atomic E-state index is -3.47. The average Bonchev–Trinajstić information content (AvgIpc) is 2.54. The van der Waals surface area contributed by atoms with Gasteiger partial charge in [0.05, 0.1) is 5.75 Å². The second-order valence-corrected chi connectivity index (χ2v) is 8.69. The molecule has 2 aromatic rings. The zero-order chi connectivity index (χ0) is 18.4. The largest absolute Gasteiger partial charge is 0.457 e. The van der Waals surface area contributed by atoms with Gasteiger partial charge in [0.1, 0.15) is 11.5 Å². The fourth-order valence-electron chi connectivity index (χ4n) is 2.38. The van der Waals surface area contributed by atoms with Gasteiger partial charge in [0.15, 0.2) is 0 Å². The van der Waals surface area contributed by atoms with E-state index >= 15 is 0 Å². The zero-order valence-electron chi connectivity index (χ0n) is 14.7. The molecule has 0 aliphatic rings. The number of nitrogens with two attached hydrogens (primary N) is 1. The van der Waals surface area contributed by atoms with E-state index in [1.54, 1.807) is 11.8 Å². The van der Waals surface area contributed by atoms with Gasteiger partial charge in [0.2, 0.25) is 10.0 Å². The molecule has 0 saturated carbocycles. The second-order valence-electron chi connectivity index (χ2n) is 6.07. The van der Waals surface area contributed by atoms with Crippen LogP contribution < -0.4 is 9.88 Å². The first kappa shape index (κ1) is 19.8. The molecule has 25 heavy (non-hydrogen) atoms. The number of benzene rings is 2. The zero-order valence-corrected chi connectivity index (χ0v) is 16.4. The Bertz CT molecular complexity index is 804. The molecule has 0 saturated heterocycles. The van der Waals surface area contributed by atoms with Gasteiger partial charge >= 0.3 is 0 Å².